The Balaban J connectivity index is 2.09. The summed E-state index contributed by atoms with van der Waals surface area (Å²) in [6.45, 7) is 0. The second kappa shape index (κ2) is 7.27. The van der Waals surface area contributed by atoms with Gasteiger partial charge in [0, 0.05) is 24.5 Å². The summed E-state index contributed by atoms with van der Waals surface area (Å²) in [5.74, 6) is -1.04. The molecule has 0 aliphatic carbocycles. The second-order valence-electron chi connectivity index (χ2n) is 5.73. The fraction of sp³-hybridized carbons (Fsp3) is 0.111. The fourth-order valence-electron chi connectivity index (χ4n) is 2.70. The minimum absolute atomic E-state index is 0.0669. The molecule has 0 saturated heterocycles. The maximum Gasteiger partial charge on any atom is 0.337 e. The molecule has 0 fully saturated rings. The molecule has 0 aliphatic heterocycles. The molecule has 2 heterocycles. The number of aryl methyl sites for hydroxylation is 1. The van der Waals surface area contributed by atoms with Gasteiger partial charge in [-0.1, -0.05) is 35.3 Å². The molecule has 0 spiro atoms. The van der Waals surface area contributed by atoms with Crippen molar-refractivity contribution in [1.29, 1.82) is 0 Å². The third kappa shape index (κ3) is 3.61. The van der Waals surface area contributed by atoms with Crippen molar-refractivity contribution < 1.29 is 9.90 Å². The van der Waals surface area contributed by atoms with Gasteiger partial charge in [-0.2, -0.15) is 0 Å². The van der Waals surface area contributed by atoms with E-state index in [4.69, 9.17) is 23.2 Å². The summed E-state index contributed by atoms with van der Waals surface area (Å²) >= 11 is 11.9. The lowest BCUT2D eigenvalue weighted by Gasteiger charge is -2.21. The van der Waals surface area contributed by atoms with E-state index in [1.165, 1.54) is 16.7 Å². The summed E-state index contributed by atoms with van der Waals surface area (Å²) in [6, 6.07) is 9.55. The monoisotopic (exact) mass is 391 g/mol. The quantitative estimate of drug-likeness (QED) is 0.614. The van der Waals surface area contributed by atoms with Crippen LogP contribution in [0.1, 0.15) is 27.7 Å². The number of aromatic nitrogens is 2. The van der Waals surface area contributed by atoms with Crippen molar-refractivity contribution in [2.24, 2.45) is 7.05 Å². The molecule has 1 aromatic carbocycles. The van der Waals surface area contributed by atoms with E-state index in [0.717, 1.165) is 5.56 Å². The van der Waals surface area contributed by atoms with Crippen molar-refractivity contribution >= 4 is 34.9 Å². The lowest BCUT2D eigenvalue weighted by Crippen LogP contribution is -2.20. The predicted molar refractivity (Wildman–Crippen MR) is 101 cm³/mol. The summed E-state index contributed by atoms with van der Waals surface area (Å²) in [4.78, 5) is 26.3. The van der Waals surface area contributed by atoms with Crippen molar-refractivity contribution in [2.75, 3.05) is 5.32 Å². The third-order valence-electron chi connectivity index (χ3n) is 3.95. The molecule has 0 amide bonds. The van der Waals surface area contributed by atoms with Gasteiger partial charge >= 0.3 is 5.97 Å². The Bertz CT molecular complexity index is 983. The maximum absolute atomic E-state index is 11.8. The lowest BCUT2D eigenvalue weighted by atomic mass is 10.0. The van der Waals surface area contributed by atoms with E-state index in [1.807, 2.05) is 0 Å². The molecule has 1 atom stereocenters. The Kier molecular flexibility index (Phi) is 5.06. The minimum atomic E-state index is -1.04. The van der Waals surface area contributed by atoms with Crippen LogP contribution < -0.4 is 10.9 Å². The van der Waals surface area contributed by atoms with Crippen molar-refractivity contribution in [3.8, 4) is 0 Å². The standard InChI is InChI=1S/C18H15Cl2N3O3/c1-23-9-12(8-14(20)17(23)24)22-15(10-2-4-11(19)5-3-10)16-13(18(25)26)6-7-21-16/h2-9,15,21-22H,1H3,(H,25,26). The highest BCUT2D eigenvalue weighted by Crippen LogP contribution is 2.29. The van der Waals surface area contributed by atoms with Gasteiger partial charge in [0.05, 0.1) is 23.0 Å². The van der Waals surface area contributed by atoms with Gasteiger partial charge in [-0.25, -0.2) is 4.79 Å². The normalized spacial score (nSPS) is 12.0. The van der Waals surface area contributed by atoms with Crippen molar-refractivity contribution in [2.45, 2.75) is 6.04 Å². The second-order valence-corrected chi connectivity index (χ2v) is 6.58. The van der Waals surface area contributed by atoms with Crippen LogP contribution in [0.15, 0.2) is 53.6 Å². The molecule has 0 saturated carbocycles. The highest BCUT2D eigenvalue weighted by Gasteiger charge is 2.22. The fourth-order valence-corrected chi connectivity index (χ4v) is 3.08. The van der Waals surface area contributed by atoms with E-state index in [9.17, 15) is 14.7 Å². The van der Waals surface area contributed by atoms with Gasteiger partial charge in [0.15, 0.2) is 0 Å². The summed E-state index contributed by atoms with van der Waals surface area (Å²) in [7, 11) is 1.59. The smallest absolute Gasteiger partial charge is 0.337 e. The number of carboxylic acids is 1. The van der Waals surface area contributed by atoms with Crippen LogP contribution >= 0.6 is 23.2 Å². The molecule has 3 rings (SSSR count). The summed E-state index contributed by atoms with van der Waals surface area (Å²) < 4.78 is 1.36. The van der Waals surface area contributed by atoms with Crippen LogP contribution in [-0.4, -0.2) is 20.6 Å². The highest BCUT2D eigenvalue weighted by atomic mass is 35.5. The summed E-state index contributed by atoms with van der Waals surface area (Å²) in [6.07, 6.45) is 3.16. The Hall–Kier alpha value is -2.70. The van der Waals surface area contributed by atoms with E-state index in [-0.39, 0.29) is 16.1 Å². The molecule has 3 N–H and O–H groups in total. The number of aromatic carboxylic acids is 1. The number of pyridine rings is 1. The molecule has 2 aromatic heterocycles. The van der Waals surface area contributed by atoms with Gasteiger partial charge in [0.2, 0.25) is 0 Å². The third-order valence-corrected chi connectivity index (χ3v) is 4.47. The Labute approximate surface area is 159 Å². The van der Waals surface area contributed by atoms with Crippen molar-refractivity contribution in [3.05, 3.63) is 86.0 Å². The molecule has 134 valence electrons. The van der Waals surface area contributed by atoms with Gasteiger partial charge in [0.1, 0.15) is 5.02 Å². The molecule has 0 bridgehead atoms. The number of hydrogen-bond acceptors (Lipinski definition) is 3. The van der Waals surface area contributed by atoms with Crippen LogP contribution in [0, 0.1) is 0 Å². The van der Waals surface area contributed by atoms with E-state index < -0.39 is 12.0 Å². The number of nitrogens with zero attached hydrogens (tertiary/aromatic N) is 1. The van der Waals surface area contributed by atoms with Crippen LogP contribution in [0.4, 0.5) is 5.69 Å². The zero-order valence-electron chi connectivity index (χ0n) is 13.7. The van der Waals surface area contributed by atoms with Crippen LogP contribution in [0.2, 0.25) is 10.0 Å². The van der Waals surface area contributed by atoms with E-state index in [1.54, 1.807) is 43.7 Å². The molecule has 26 heavy (non-hydrogen) atoms. The zero-order chi connectivity index (χ0) is 18.8. The summed E-state index contributed by atoms with van der Waals surface area (Å²) in [5, 5.41) is 13.3. The number of aromatic amines is 1. The van der Waals surface area contributed by atoms with E-state index in [0.29, 0.717) is 16.4 Å². The lowest BCUT2D eigenvalue weighted by molar-refractivity contribution is 0.0695. The number of nitrogens with one attached hydrogen (secondary N) is 2. The highest BCUT2D eigenvalue weighted by molar-refractivity contribution is 6.30. The van der Waals surface area contributed by atoms with Gasteiger partial charge in [-0.15, -0.1) is 0 Å². The number of carboxylic acid groups (broad SMARTS) is 1. The first-order valence-corrected chi connectivity index (χ1v) is 8.41. The average Bonchev–Trinajstić information content (AvgIpc) is 3.08. The largest absolute Gasteiger partial charge is 0.478 e. The topological polar surface area (TPSA) is 87.1 Å². The first-order chi connectivity index (χ1) is 12.4. The number of anilines is 1. The molecular weight excluding hydrogens is 377 g/mol. The van der Waals surface area contributed by atoms with Crippen LogP contribution in [0.3, 0.4) is 0 Å². The van der Waals surface area contributed by atoms with Crippen LogP contribution in [-0.2, 0) is 7.05 Å². The molecular formula is C18H15Cl2N3O3. The molecule has 0 radical (unpaired) electrons. The summed E-state index contributed by atoms with van der Waals surface area (Å²) in [5.41, 5.74) is 1.68. The SMILES string of the molecule is Cn1cc(NC(c2ccc(Cl)cc2)c2[nH]ccc2C(=O)O)cc(Cl)c1=O. The number of halogens is 2. The number of hydrogen-bond donors (Lipinski definition) is 3. The van der Waals surface area contributed by atoms with Gasteiger partial charge in [-0.05, 0) is 29.8 Å². The Morgan fingerprint density at radius 1 is 1.23 bits per heavy atom. The molecule has 8 heteroatoms. The van der Waals surface area contributed by atoms with Gasteiger partial charge in [-0.3, -0.25) is 4.79 Å². The van der Waals surface area contributed by atoms with Gasteiger partial charge in [0.25, 0.3) is 5.56 Å². The Morgan fingerprint density at radius 3 is 2.54 bits per heavy atom. The van der Waals surface area contributed by atoms with Crippen molar-refractivity contribution in [1.82, 2.24) is 9.55 Å². The number of H-pyrrole nitrogens is 1. The predicted octanol–water partition coefficient (Wildman–Crippen LogP) is 3.92. The average molecular weight is 392 g/mol. The first kappa shape index (κ1) is 18.1. The van der Waals surface area contributed by atoms with Crippen LogP contribution in [0.5, 0.6) is 0 Å². The molecule has 1 unspecified atom stereocenters. The molecule has 6 nitrogen and oxygen atoms in total. The van der Waals surface area contributed by atoms with E-state index >= 15 is 0 Å². The molecule has 0 aliphatic rings. The minimum Gasteiger partial charge on any atom is -0.478 e. The number of benzene rings is 1. The Morgan fingerprint density at radius 2 is 1.92 bits per heavy atom. The van der Waals surface area contributed by atoms with Gasteiger partial charge < -0.3 is 20.0 Å². The first-order valence-electron chi connectivity index (χ1n) is 7.65. The van der Waals surface area contributed by atoms with E-state index in [2.05, 4.69) is 10.3 Å². The number of carbonyl (C=O) groups is 1. The zero-order valence-corrected chi connectivity index (χ0v) is 15.2. The molecule has 3 aromatic rings. The van der Waals surface area contributed by atoms with Crippen molar-refractivity contribution in [3.63, 3.8) is 0 Å². The van der Waals surface area contributed by atoms with Crippen LogP contribution in [0.25, 0.3) is 0 Å². The maximum atomic E-state index is 11.8. The number of rotatable bonds is 5.